The monoisotopic (exact) mass is 289 g/mol. The van der Waals surface area contributed by atoms with Crippen LogP contribution in [-0.2, 0) is 11.3 Å². The summed E-state index contributed by atoms with van der Waals surface area (Å²) in [7, 11) is 0. The van der Waals surface area contributed by atoms with Crippen molar-refractivity contribution in [3.05, 3.63) is 46.6 Å². The summed E-state index contributed by atoms with van der Waals surface area (Å²) in [5.74, 6) is 0. The van der Waals surface area contributed by atoms with Gasteiger partial charge in [0.15, 0.2) is 5.43 Å². The molecule has 1 unspecified atom stereocenters. The van der Waals surface area contributed by atoms with Crippen LogP contribution in [0.5, 0.6) is 0 Å². The number of hydrogen-bond donors (Lipinski definition) is 4. The minimum Gasteiger partial charge on any atom is -0.399 e. The molecule has 0 fully saturated rings. The van der Waals surface area contributed by atoms with Crippen molar-refractivity contribution < 1.29 is 8.76 Å². The lowest BCUT2D eigenvalue weighted by Crippen LogP contribution is -2.07. The summed E-state index contributed by atoms with van der Waals surface area (Å²) in [6.45, 7) is 0. The molecule has 7 heteroatoms. The number of benzene rings is 2. The van der Waals surface area contributed by atoms with Crippen molar-refractivity contribution in [2.24, 2.45) is 0 Å². The molecule has 2 aromatic carbocycles. The lowest BCUT2D eigenvalue weighted by molar-refractivity contribution is 0.570. The molecule has 102 valence electrons. The van der Waals surface area contributed by atoms with E-state index in [1.807, 2.05) is 0 Å². The third kappa shape index (κ3) is 2.13. The largest absolute Gasteiger partial charge is 0.399 e. The predicted molar refractivity (Wildman–Crippen MR) is 80.9 cm³/mol. The van der Waals surface area contributed by atoms with E-state index in [1.165, 1.54) is 6.07 Å². The highest BCUT2D eigenvalue weighted by Gasteiger charge is 2.07. The fourth-order valence-electron chi connectivity index (χ4n) is 2.15. The van der Waals surface area contributed by atoms with E-state index >= 15 is 0 Å². The number of H-pyrrole nitrogens is 1. The number of anilines is 2. The average Bonchev–Trinajstić information content (AvgIpc) is 2.40. The maximum absolute atomic E-state index is 12.4. The molecule has 6 nitrogen and oxygen atoms in total. The van der Waals surface area contributed by atoms with Crippen molar-refractivity contribution in [2.45, 2.75) is 0 Å². The number of aromatic nitrogens is 1. The zero-order valence-electron chi connectivity index (χ0n) is 10.2. The Morgan fingerprint density at radius 2 is 1.75 bits per heavy atom. The predicted octanol–water partition coefficient (Wildman–Crippen LogP) is 1.81. The Kier molecular flexibility index (Phi) is 2.92. The molecule has 0 saturated heterocycles. The van der Waals surface area contributed by atoms with Crippen molar-refractivity contribution >= 4 is 44.4 Å². The fraction of sp³-hybridized carbons (Fsp3) is 0. The molecule has 1 heterocycles. The molecule has 0 bridgehead atoms. The summed E-state index contributed by atoms with van der Waals surface area (Å²) >= 11 is -2.18. The Bertz CT molecular complexity index is 904. The van der Waals surface area contributed by atoms with E-state index < -0.39 is 11.3 Å². The summed E-state index contributed by atoms with van der Waals surface area (Å²) in [5.41, 5.74) is 7.78. The Morgan fingerprint density at radius 1 is 1.10 bits per heavy atom. The minimum atomic E-state index is -2.18. The van der Waals surface area contributed by atoms with Gasteiger partial charge >= 0.3 is 0 Å². The Morgan fingerprint density at radius 3 is 2.45 bits per heavy atom. The van der Waals surface area contributed by atoms with Crippen LogP contribution < -0.4 is 15.9 Å². The van der Waals surface area contributed by atoms with Crippen LogP contribution in [0.2, 0.25) is 0 Å². The summed E-state index contributed by atoms with van der Waals surface area (Å²) in [4.78, 5) is 15.6. The molecule has 1 atom stereocenters. The second-order valence-corrected chi connectivity index (χ2v) is 5.07. The highest BCUT2D eigenvalue weighted by atomic mass is 32.2. The smallest absolute Gasteiger partial charge is 0.259 e. The van der Waals surface area contributed by atoms with Crippen LogP contribution in [0.4, 0.5) is 11.4 Å². The van der Waals surface area contributed by atoms with E-state index in [0.29, 0.717) is 33.2 Å². The first kappa shape index (κ1) is 12.6. The van der Waals surface area contributed by atoms with Crippen LogP contribution in [0.25, 0.3) is 21.8 Å². The quantitative estimate of drug-likeness (QED) is 0.328. The molecular weight excluding hydrogens is 278 g/mol. The highest BCUT2D eigenvalue weighted by Crippen LogP contribution is 2.20. The molecule has 1 aromatic heterocycles. The van der Waals surface area contributed by atoms with Crippen LogP contribution in [-0.4, -0.2) is 13.7 Å². The van der Waals surface area contributed by atoms with Crippen LogP contribution in [0.1, 0.15) is 0 Å². The van der Waals surface area contributed by atoms with Gasteiger partial charge in [0, 0.05) is 33.2 Å². The normalized spacial score (nSPS) is 12.7. The molecule has 3 aromatic rings. The molecule has 0 aliphatic rings. The van der Waals surface area contributed by atoms with E-state index in [2.05, 4.69) is 9.71 Å². The summed E-state index contributed by atoms with van der Waals surface area (Å²) < 4.78 is 21.9. The van der Waals surface area contributed by atoms with E-state index in [9.17, 15) is 9.00 Å². The molecular formula is C13H11N3O3S. The van der Waals surface area contributed by atoms with E-state index in [-0.39, 0.29) is 5.43 Å². The van der Waals surface area contributed by atoms with Gasteiger partial charge in [-0.05, 0) is 36.4 Å². The van der Waals surface area contributed by atoms with Crippen molar-refractivity contribution in [3.63, 3.8) is 0 Å². The lowest BCUT2D eigenvalue weighted by Gasteiger charge is -2.06. The lowest BCUT2D eigenvalue weighted by atomic mass is 10.1. The molecule has 0 amide bonds. The van der Waals surface area contributed by atoms with Gasteiger partial charge in [-0.1, -0.05) is 0 Å². The van der Waals surface area contributed by atoms with Gasteiger partial charge in [-0.25, -0.2) is 4.21 Å². The van der Waals surface area contributed by atoms with Gasteiger partial charge in [-0.2, -0.15) is 0 Å². The topological polar surface area (TPSA) is 108 Å². The second-order valence-electron chi connectivity index (χ2n) is 4.37. The number of nitrogen functional groups attached to an aromatic ring is 1. The number of nitrogens with one attached hydrogen (secondary N) is 2. The number of nitrogens with two attached hydrogens (primary N) is 1. The number of pyridine rings is 1. The van der Waals surface area contributed by atoms with Gasteiger partial charge in [-0.3, -0.25) is 14.1 Å². The molecule has 0 spiro atoms. The first-order valence-corrected chi connectivity index (χ1v) is 6.88. The molecule has 5 N–H and O–H groups in total. The van der Waals surface area contributed by atoms with Crippen molar-refractivity contribution in [3.8, 4) is 0 Å². The van der Waals surface area contributed by atoms with Gasteiger partial charge in [0.05, 0.1) is 0 Å². The van der Waals surface area contributed by atoms with Gasteiger partial charge in [0.2, 0.25) is 0 Å². The molecule has 20 heavy (non-hydrogen) atoms. The van der Waals surface area contributed by atoms with E-state index in [1.54, 1.807) is 30.3 Å². The van der Waals surface area contributed by atoms with Crippen LogP contribution in [0, 0.1) is 0 Å². The zero-order chi connectivity index (χ0) is 14.3. The third-order valence-electron chi connectivity index (χ3n) is 3.03. The summed E-state index contributed by atoms with van der Waals surface area (Å²) in [6.07, 6.45) is 0. The van der Waals surface area contributed by atoms with Crippen LogP contribution in [0.15, 0.2) is 41.2 Å². The highest BCUT2D eigenvalue weighted by molar-refractivity contribution is 7.80. The minimum absolute atomic E-state index is 0.173. The van der Waals surface area contributed by atoms with Crippen molar-refractivity contribution in [1.82, 2.24) is 4.98 Å². The van der Waals surface area contributed by atoms with Gasteiger partial charge in [0.25, 0.3) is 11.3 Å². The first-order chi connectivity index (χ1) is 9.54. The fourth-order valence-corrected chi connectivity index (χ4v) is 2.48. The third-order valence-corrected chi connectivity index (χ3v) is 3.44. The Hall–Kier alpha value is -2.38. The van der Waals surface area contributed by atoms with Crippen LogP contribution in [0.3, 0.4) is 0 Å². The van der Waals surface area contributed by atoms with Crippen molar-refractivity contribution in [2.75, 3.05) is 10.5 Å². The summed E-state index contributed by atoms with van der Waals surface area (Å²) in [6, 6.07) is 9.91. The standard InChI is InChI=1S/C13H11N3O3S/c14-7-1-3-11-9(5-7)13(17)10-6-8(16-20(18)19)2-4-12(10)15-11/h1-6,16H,14H2,(H,15,17)(H,18,19). The molecule has 3 rings (SSSR count). The molecule has 0 radical (unpaired) electrons. The molecule has 0 aliphatic carbocycles. The van der Waals surface area contributed by atoms with Gasteiger partial charge < -0.3 is 10.7 Å². The number of fused-ring (bicyclic) bond motifs is 2. The maximum atomic E-state index is 12.4. The Labute approximate surface area is 116 Å². The second kappa shape index (κ2) is 4.62. The molecule has 0 aliphatic heterocycles. The first-order valence-electron chi connectivity index (χ1n) is 5.77. The van der Waals surface area contributed by atoms with Crippen molar-refractivity contribution in [1.29, 1.82) is 0 Å². The Balaban J connectivity index is 2.33. The van der Waals surface area contributed by atoms with Gasteiger partial charge in [0.1, 0.15) is 0 Å². The zero-order valence-corrected chi connectivity index (χ0v) is 11.0. The van der Waals surface area contributed by atoms with Gasteiger partial charge in [-0.15, -0.1) is 0 Å². The molecule has 0 saturated carbocycles. The maximum Gasteiger partial charge on any atom is 0.259 e. The van der Waals surface area contributed by atoms with E-state index in [0.717, 1.165) is 0 Å². The SMILES string of the molecule is Nc1ccc2[nH]c3ccc(NS(=O)O)cc3c(=O)c2c1. The average molecular weight is 289 g/mol. The van der Waals surface area contributed by atoms with E-state index in [4.69, 9.17) is 10.3 Å². The number of aromatic amines is 1. The number of rotatable bonds is 2. The number of hydrogen-bond acceptors (Lipinski definition) is 3. The van der Waals surface area contributed by atoms with Crippen LogP contribution >= 0.6 is 0 Å². The summed E-state index contributed by atoms with van der Waals surface area (Å²) in [5, 5.41) is 0.915.